The molecule has 2 nitrogen and oxygen atoms in total. The van der Waals surface area contributed by atoms with Crippen LogP contribution in [0.15, 0.2) is 30.3 Å². The van der Waals surface area contributed by atoms with Crippen molar-refractivity contribution in [3.8, 4) is 0 Å². The van der Waals surface area contributed by atoms with Crippen LogP contribution in [0.1, 0.15) is 44.1 Å². The molecule has 2 heteroatoms. The third-order valence-corrected chi connectivity index (χ3v) is 5.31. The maximum Gasteiger partial charge on any atom is -0.00102 e. The largest absolute Gasteiger partial charge is 0.317 e. The van der Waals surface area contributed by atoms with E-state index in [9.17, 15) is 0 Å². The molecular formula is C18H28N2. The second-order valence-corrected chi connectivity index (χ2v) is 6.55. The quantitative estimate of drug-likeness (QED) is 0.844. The van der Waals surface area contributed by atoms with Crippen molar-refractivity contribution in [2.24, 2.45) is 0 Å². The fourth-order valence-corrected chi connectivity index (χ4v) is 3.85. The van der Waals surface area contributed by atoms with Crippen LogP contribution < -0.4 is 5.32 Å². The molecule has 4 aliphatic heterocycles. The molecule has 5 rings (SSSR count). The highest BCUT2D eigenvalue weighted by molar-refractivity contribution is 5.27. The molecule has 4 fully saturated rings. The van der Waals surface area contributed by atoms with Crippen LogP contribution in [0.5, 0.6) is 0 Å². The van der Waals surface area contributed by atoms with E-state index < -0.39 is 0 Å². The number of nitrogens with one attached hydrogen (secondary N) is 1. The van der Waals surface area contributed by atoms with Crippen molar-refractivity contribution in [1.29, 1.82) is 0 Å². The van der Waals surface area contributed by atoms with E-state index in [0.29, 0.717) is 5.41 Å². The topological polar surface area (TPSA) is 15.3 Å². The predicted octanol–water partition coefficient (Wildman–Crippen LogP) is 3.18. The smallest absolute Gasteiger partial charge is 0.00102 e. The second kappa shape index (κ2) is 6.73. The minimum absolute atomic E-state index is 0.538. The van der Waals surface area contributed by atoms with E-state index in [1.807, 2.05) is 0 Å². The lowest BCUT2D eigenvalue weighted by Crippen LogP contribution is -2.50. The van der Waals surface area contributed by atoms with Gasteiger partial charge in [0.2, 0.25) is 0 Å². The molecule has 4 saturated heterocycles. The van der Waals surface area contributed by atoms with Gasteiger partial charge in [0.05, 0.1) is 0 Å². The maximum atomic E-state index is 3.28. The van der Waals surface area contributed by atoms with Crippen molar-refractivity contribution in [3.63, 3.8) is 0 Å². The van der Waals surface area contributed by atoms with Crippen LogP contribution in [0.2, 0.25) is 0 Å². The van der Waals surface area contributed by atoms with Gasteiger partial charge in [-0.05, 0) is 75.8 Å². The average Bonchev–Trinajstić information content (AvgIpc) is 2.60. The molecule has 4 aliphatic rings. The van der Waals surface area contributed by atoms with Crippen molar-refractivity contribution in [2.45, 2.75) is 43.9 Å². The summed E-state index contributed by atoms with van der Waals surface area (Å²) >= 11 is 0. The molecule has 0 unspecified atom stereocenters. The lowest BCUT2D eigenvalue weighted by Gasteiger charge is -2.48. The van der Waals surface area contributed by atoms with Crippen molar-refractivity contribution < 1.29 is 0 Å². The third-order valence-electron chi connectivity index (χ3n) is 5.31. The molecule has 1 N–H and O–H groups in total. The van der Waals surface area contributed by atoms with Gasteiger partial charge in [0.1, 0.15) is 0 Å². The minimum atomic E-state index is 0.538. The standard InChI is InChI=1S/C13H17N.C5H11N/c1-2-4-12(5-3-1)13-6-9-14(10-7-13)11-8-13;1-2-4-6-5-3-1/h1-5H,6-11H2;6H,1-5H2. The summed E-state index contributed by atoms with van der Waals surface area (Å²) in [6.07, 6.45) is 8.33. The van der Waals surface area contributed by atoms with E-state index in [4.69, 9.17) is 0 Å². The molecule has 4 heterocycles. The zero-order valence-corrected chi connectivity index (χ0v) is 12.6. The number of nitrogens with zero attached hydrogens (tertiary/aromatic N) is 1. The average molecular weight is 272 g/mol. The monoisotopic (exact) mass is 272 g/mol. The summed E-state index contributed by atoms with van der Waals surface area (Å²) in [7, 11) is 0. The molecule has 110 valence electrons. The van der Waals surface area contributed by atoms with E-state index in [0.717, 1.165) is 0 Å². The molecule has 20 heavy (non-hydrogen) atoms. The number of hydrogen-bond donors (Lipinski definition) is 1. The molecule has 0 spiro atoms. The van der Waals surface area contributed by atoms with Crippen LogP contribution in [-0.4, -0.2) is 37.6 Å². The van der Waals surface area contributed by atoms with Gasteiger partial charge in [-0.2, -0.15) is 0 Å². The summed E-state index contributed by atoms with van der Waals surface area (Å²) in [4.78, 5) is 2.60. The van der Waals surface area contributed by atoms with E-state index in [1.165, 1.54) is 71.2 Å². The molecule has 2 bridgehead atoms. The molecule has 0 aromatic heterocycles. The first-order valence-electron chi connectivity index (χ1n) is 8.38. The Hall–Kier alpha value is -0.860. The number of benzene rings is 1. The number of piperidine rings is 4. The molecule has 0 radical (unpaired) electrons. The number of fused-ring (bicyclic) bond motifs is 3. The Kier molecular flexibility index (Phi) is 4.74. The van der Waals surface area contributed by atoms with Crippen molar-refractivity contribution in [2.75, 3.05) is 32.7 Å². The molecule has 1 aromatic carbocycles. The summed E-state index contributed by atoms with van der Waals surface area (Å²) < 4.78 is 0. The van der Waals surface area contributed by atoms with Gasteiger partial charge in [-0.15, -0.1) is 0 Å². The summed E-state index contributed by atoms with van der Waals surface area (Å²) in [6.45, 7) is 6.44. The van der Waals surface area contributed by atoms with Gasteiger partial charge < -0.3 is 10.2 Å². The highest BCUT2D eigenvalue weighted by Crippen LogP contribution is 2.42. The number of rotatable bonds is 1. The molecule has 0 atom stereocenters. The van der Waals surface area contributed by atoms with Crippen LogP contribution in [0.3, 0.4) is 0 Å². The Bertz CT molecular complexity index is 364. The van der Waals surface area contributed by atoms with Crippen LogP contribution in [0.25, 0.3) is 0 Å². The van der Waals surface area contributed by atoms with E-state index >= 15 is 0 Å². The summed E-state index contributed by atoms with van der Waals surface area (Å²) in [5, 5.41) is 3.28. The minimum Gasteiger partial charge on any atom is -0.317 e. The maximum absolute atomic E-state index is 3.28. The highest BCUT2D eigenvalue weighted by Gasteiger charge is 2.40. The van der Waals surface area contributed by atoms with E-state index in [1.54, 1.807) is 5.56 Å². The fourth-order valence-electron chi connectivity index (χ4n) is 3.85. The Morgan fingerprint density at radius 3 is 1.85 bits per heavy atom. The highest BCUT2D eigenvalue weighted by atomic mass is 15.1. The van der Waals surface area contributed by atoms with Crippen LogP contribution >= 0.6 is 0 Å². The fraction of sp³-hybridized carbons (Fsp3) is 0.667. The summed E-state index contributed by atoms with van der Waals surface area (Å²) in [5.41, 5.74) is 2.12. The van der Waals surface area contributed by atoms with Crippen LogP contribution in [-0.2, 0) is 5.41 Å². The SMILES string of the molecule is C1CCNCC1.c1ccc(C23CCN(CC2)CC3)cc1. The summed E-state index contributed by atoms with van der Waals surface area (Å²) in [5.74, 6) is 0. The van der Waals surface area contributed by atoms with Gasteiger partial charge >= 0.3 is 0 Å². The Balaban J connectivity index is 0.000000170. The molecule has 1 aromatic rings. The van der Waals surface area contributed by atoms with Gasteiger partial charge in [-0.3, -0.25) is 0 Å². The first kappa shape index (κ1) is 14.1. The molecule has 0 saturated carbocycles. The van der Waals surface area contributed by atoms with Gasteiger partial charge in [-0.25, -0.2) is 0 Å². The van der Waals surface area contributed by atoms with Gasteiger partial charge in [0.25, 0.3) is 0 Å². The van der Waals surface area contributed by atoms with E-state index in [2.05, 4.69) is 40.5 Å². The first-order chi connectivity index (χ1) is 9.89. The van der Waals surface area contributed by atoms with Crippen LogP contribution in [0, 0.1) is 0 Å². The van der Waals surface area contributed by atoms with Gasteiger partial charge in [0.15, 0.2) is 0 Å². The zero-order chi connectivity index (χ0) is 13.7. The lowest BCUT2D eigenvalue weighted by molar-refractivity contribution is 0.0818. The Morgan fingerprint density at radius 2 is 1.40 bits per heavy atom. The van der Waals surface area contributed by atoms with Gasteiger partial charge in [-0.1, -0.05) is 36.8 Å². The normalized spacial score (nSPS) is 32.3. The molecule has 0 aliphatic carbocycles. The summed E-state index contributed by atoms with van der Waals surface area (Å²) in [6, 6.07) is 11.1. The molecular weight excluding hydrogens is 244 g/mol. The molecule has 0 amide bonds. The lowest BCUT2D eigenvalue weighted by atomic mass is 9.67. The predicted molar refractivity (Wildman–Crippen MR) is 85.1 cm³/mol. The second-order valence-electron chi connectivity index (χ2n) is 6.55. The Labute approximate surface area is 123 Å². The first-order valence-corrected chi connectivity index (χ1v) is 8.38. The van der Waals surface area contributed by atoms with E-state index in [-0.39, 0.29) is 0 Å². The number of hydrogen-bond acceptors (Lipinski definition) is 2. The Morgan fingerprint density at radius 1 is 0.800 bits per heavy atom. The zero-order valence-electron chi connectivity index (χ0n) is 12.6. The van der Waals surface area contributed by atoms with Crippen molar-refractivity contribution >= 4 is 0 Å². The van der Waals surface area contributed by atoms with Gasteiger partial charge in [0, 0.05) is 0 Å². The van der Waals surface area contributed by atoms with Crippen molar-refractivity contribution in [1.82, 2.24) is 10.2 Å². The van der Waals surface area contributed by atoms with Crippen LogP contribution in [0.4, 0.5) is 0 Å². The third kappa shape index (κ3) is 3.24. The van der Waals surface area contributed by atoms with Crippen molar-refractivity contribution in [3.05, 3.63) is 35.9 Å².